The van der Waals surface area contributed by atoms with Gasteiger partial charge in [0.15, 0.2) is 0 Å². The van der Waals surface area contributed by atoms with Gasteiger partial charge in [0.25, 0.3) is 0 Å². The van der Waals surface area contributed by atoms with E-state index < -0.39 is 21.8 Å². The van der Waals surface area contributed by atoms with Crippen molar-refractivity contribution in [2.45, 2.75) is 17.6 Å². The third-order valence-electron chi connectivity index (χ3n) is 4.25. The second-order valence-electron chi connectivity index (χ2n) is 6.37. The van der Waals surface area contributed by atoms with E-state index in [1.165, 1.54) is 38.5 Å². The molecule has 0 unspecified atom stereocenters. The summed E-state index contributed by atoms with van der Waals surface area (Å²) in [7, 11) is -0.569. The minimum absolute atomic E-state index is 0.190. The predicted octanol–water partition coefficient (Wildman–Crippen LogP) is 4.12. The molecular formula is C19H18F3N3O2S. The third kappa shape index (κ3) is 4.10. The van der Waals surface area contributed by atoms with Crippen LogP contribution in [-0.4, -0.2) is 31.8 Å². The number of alkyl halides is 3. The zero-order valence-electron chi connectivity index (χ0n) is 15.2. The highest BCUT2D eigenvalue weighted by atomic mass is 32.2. The summed E-state index contributed by atoms with van der Waals surface area (Å²) in [5, 5.41) is 3.73. The number of anilines is 1. The highest BCUT2D eigenvalue weighted by molar-refractivity contribution is 7.89. The topological polar surface area (TPSA) is 62.3 Å². The number of benzene rings is 2. The summed E-state index contributed by atoms with van der Waals surface area (Å²) < 4.78 is 63.9. The number of rotatable bonds is 5. The van der Waals surface area contributed by atoms with Gasteiger partial charge in [0.05, 0.1) is 16.0 Å². The summed E-state index contributed by atoms with van der Waals surface area (Å²) >= 11 is 0. The molecule has 0 saturated carbocycles. The van der Waals surface area contributed by atoms with Crippen LogP contribution in [0.5, 0.6) is 0 Å². The molecule has 28 heavy (non-hydrogen) atoms. The maximum absolute atomic E-state index is 12.9. The van der Waals surface area contributed by atoms with E-state index in [-0.39, 0.29) is 10.4 Å². The standard InChI is InChI=1S/C19H18F3N3O2S/c1-25(2)28(26,27)15-6-3-13(4-7-15)12-24-17-9-10-23-18-11-14(19(20,21)22)5-8-16(17)18/h3-11H,12H2,1-2H3,(H,23,24). The van der Waals surface area contributed by atoms with E-state index in [2.05, 4.69) is 10.3 Å². The van der Waals surface area contributed by atoms with Gasteiger partial charge in [-0.15, -0.1) is 0 Å². The number of pyridine rings is 1. The fraction of sp³-hybridized carbons (Fsp3) is 0.211. The van der Waals surface area contributed by atoms with Crippen LogP contribution in [-0.2, 0) is 22.7 Å². The minimum Gasteiger partial charge on any atom is -0.380 e. The molecule has 5 nitrogen and oxygen atoms in total. The summed E-state index contributed by atoms with van der Waals surface area (Å²) in [5.41, 5.74) is 0.966. The molecule has 1 heterocycles. The molecule has 0 fully saturated rings. The van der Waals surface area contributed by atoms with Gasteiger partial charge in [0, 0.05) is 37.9 Å². The van der Waals surface area contributed by atoms with Crippen molar-refractivity contribution in [1.29, 1.82) is 0 Å². The summed E-state index contributed by atoms with van der Waals surface area (Å²) in [6.45, 7) is 0.377. The fourth-order valence-electron chi connectivity index (χ4n) is 2.67. The number of nitrogens with one attached hydrogen (secondary N) is 1. The van der Waals surface area contributed by atoms with Gasteiger partial charge in [-0.05, 0) is 35.9 Å². The zero-order chi connectivity index (χ0) is 20.5. The monoisotopic (exact) mass is 409 g/mol. The van der Waals surface area contributed by atoms with Crippen molar-refractivity contribution in [3.8, 4) is 0 Å². The van der Waals surface area contributed by atoms with Gasteiger partial charge in [-0.1, -0.05) is 18.2 Å². The van der Waals surface area contributed by atoms with Gasteiger partial charge in [-0.25, -0.2) is 12.7 Å². The Balaban J connectivity index is 1.80. The first-order chi connectivity index (χ1) is 13.1. The molecule has 0 aliphatic rings. The Bertz CT molecular complexity index is 1100. The second-order valence-corrected chi connectivity index (χ2v) is 8.52. The van der Waals surface area contributed by atoms with Crippen molar-refractivity contribution < 1.29 is 21.6 Å². The number of aromatic nitrogens is 1. The van der Waals surface area contributed by atoms with Crippen molar-refractivity contribution in [3.05, 3.63) is 65.9 Å². The number of nitrogens with zero attached hydrogens (tertiary/aromatic N) is 2. The van der Waals surface area contributed by atoms with Crippen LogP contribution in [0.3, 0.4) is 0 Å². The molecule has 9 heteroatoms. The molecular weight excluding hydrogens is 391 g/mol. The van der Waals surface area contributed by atoms with Crippen LogP contribution in [0, 0.1) is 0 Å². The Hall–Kier alpha value is -2.65. The smallest absolute Gasteiger partial charge is 0.380 e. The summed E-state index contributed by atoms with van der Waals surface area (Å²) in [5.74, 6) is 0. The maximum atomic E-state index is 12.9. The Labute approximate surface area is 160 Å². The molecule has 1 aromatic heterocycles. The fourth-order valence-corrected chi connectivity index (χ4v) is 3.57. The van der Waals surface area contributed by atoms with E-state index in [9.17, 15) is 21.6 Å². The number of sulfonamides is 1. The molecule has 0 aliphatic carbocycles. The lowest BCUT2D eigenvalue weighted by Crippen LogP contribution is -2.22. The van der Waals surface area contributed by atoms with E-state index in [1.54, 1.807) is 18.2 Å². The molecule has 0 saturated heterocycles. The average Bonchev–Trinajstić information content (AvgIpc) is 2.65. The van der Waals surface area contributed by atoms with Crippen LogP contribution in [0.25, 0.3) is 10.9 Å². The lowest BCUT2D eigenvalue weighted by molar-refractivity contribution is -0.137. The molecule has 1 N–H and O–H groups in total. The van der Waals surface area contributed by atoms with E-state index in [1.807, 2.05) is 0 Å². The van der Waals surface area contributed by atoms with Gasteiger partial charge in [0.2, 0.25) is 10.0 Å². The first kappa shape index (κ1) is 20.1. The lowest BCUT2D eigenvalue weighted by atomic mass is 10.1. The number of hydrogen-bond donors (Lipinski definition) is 1. The molecule has 0 amide bonds. The van der Waals surface area contributed by atoms with E-state index in [0.717, 1.165) is 22.0 Å². The predicted molar refractivity (Wildman–Crippen MR) is 101 cm³/mol. The van der Waals surface area contributed by atoms with Gasteiger partial charge in [0.1, 0.15) is 0 Å². The van der Waals surface area contributed by atoms with Crippen LogP contribution in [0.2, 0.25) is 0 Å². The lowest BCUT2D eigenvalue weighted by Gasteiger charge is -2.13. The molecule has 2 aromatic carbocycles. The Kier molecular flexibility index (Phi) is 5.31. The van der Waals surface area contributed by atoms with Crippen molar-refractivity contribution in [1.82, 2.24) is 9.29 Å². The van der Waals surface area contributed by atoms with Gasteiger partial charge in [-0.3, -0.25) is 4.98 Å². The van der Waals surface area contributed by atoms with E-state index >= 15 is 0 Å². The number of fused-ring (bicyclic) bond motifs is 1. The van der Waals surface area contributed by atoms with Gasteiger partial charge < -0.3 is 5.32 Å². The Morgan fingerprint density at radius 1 is 1.04 bits per heavy atom. The molecule has 0 spiro atoms. The summed E-state index contributed by atoms with van der Waals surface area (Å²) in [6.07, 6.45) is -2.98. The Morgan fingerprint density at radius 2 is 1.71 bits per heavy atom. The quantitative estimate of drug-likeness (QED) is 0.689. The highest BCUT2D eigenvalue weighted by Gasteiger charge is 2.30. The highest BCUT2D eigenvalue weighted by Crippen LogP contribution is 2.32. The van der Waals surface area contributed by atoms with Crippen molar-refractivity contribution in [2.75, 3.05) is 19.4 Å². The van der Waals surface area contributed by atoms with Crippen LogP contribution >= 0.6 is 0 Å². The van der Waals surface area contributed by atoms with E-state index in [4.69, 9.17) is 0 Å². The van der Waals surface area contributed by atoms with Crippen LogP contribution in [0.15, 0.2) is 59.6 Å². The first-order valence-corrected chi connectivity index (χ1v) is 9.74. The van der Waals surface area contributed by atoms with Crippen LogP contribution in [0.4, 0.5) is 18.9 Å². The summed E-state index contributed by atoms with van der Waals surface area (Å²) in [4.78, 5) is 4.20. The van der Waals surface area contributed by atoms with Crippen molar-refractivity contribution in [2.24, 2.45) is 0 Å². The average molecular weight is 409 g/mol. The van der Waals surface area contributed by atoms with Crippen LogP contribution < -0.4 is 5.32 Å². The maximum Gasteiger partial charge on any atom is 0.416 e. The third-order valence-corrected chi connectivity index (χ3v) is 6.08. The SMILES string of the molecule is CN(C)S(=O)(=O)c1ccc(CNc2ccnc3cc(C(F)(F)F)ccc23)cc1. The zero-order valence-corrected chi connectivity index (χ0v) is 16.0. The van der Waals surface area contributed by atoms with Crippen LogP contribution in [0.1, 0.15) is 11.1 Å². The second kappa shape index (κ2) is 7.40. The molecule has 0 aliphatic heterocycles. The normalized spacial score (nSPS) is 12.5. The number of hydrogen-bond acceptors (Lipinski definition) is 4. The van der Waals surface area contributed by atoms with Crippen molar-refractivity contribution >= 4 is 26.6 Å². The molecule has 148 valence electrons. The van der Waals surface area contributed by atoms with Gasteiger partial charge >= 0.3 is 6.18 Å². The molecule has 3 aromatic rings. The Morgan fingerprint density at radius 3 is 2.32 bits per heavy atom. The van der Waals surface area contributed by atoms with E-state index in [0.29, 0.717) is 17.6 Å². The molecule has 0 radical (unpaired) electrons. The molecule has 3 rings (SSSR count). The van der Waals surface area contributed by atoms with Gasteiger partial charge in [-0.2, -0.15) is 13.2 Å². The summed E-state index contributed by atoms with van der Waals surface area (Å²) in [6, 6.07) is 11.5. The molecule has 0 atom stereocenters. The number of halogens is 3. The first-order valence-electron chi connectivity index (χ1n) is 8.30. The minimum atomic E-state index is -4.42. The molecule has 0 bridgehead atoms. The largest absolute Gasteiger partial charge is 0.416 e. The van der Waals surface area contributed by atoms with Crippen molar-refractivity contribution in [3.63, 3.8) is 0 Å².